The second-order valence-electron chi connectivity index (χ2n) is 5.45. The van der Waals surface area contributed by atoms with Crippen molar-refractivity contribution in [3.8, 4) is 0 Å². The van der Waals surface area contributed by atoms with Crippen LogP contribution in [-0.2, 0) is 13.0 Å². The Balaban J connectivity index is 0.00000192. The van der Waals surface area contributed by atoms with E-state index >= 15 is 0 Å². The molecule has 1 aliphatic rings. The predicted molar refractivity (Wildman–Crippen MR) is 104 cm³/mol. The van der Waals surface area contributed by atoms with Gasteiger partial charge in [0.05, 0.1) is 5.69 Å². The number of aryl methyl sites for hydroxylation is 2. The van der Waals surface area contributed by atoms with Gasteiger partial charge in [0.25, 0.3) is 0 Å². The Kier molecular flexibility index (Phi) is 6.04. The van der Waals surface area contributed by atoms with Crippen molar-refractivity contribution in [2.75, 3.05) is 18.0 Å². The first-order valence-corrected chi connectivity index (χ1v) is 7.75. The quantitative estimate of drug-likeness (QED) is 0.464. The molecular formula is C17H23IN4O. The third-order valence-corrected chi connectivity index (χ3v) is 3.91. The highest BCUT2D eigenvalue weighted by molar-refractivity contribution is 14.0. The van der Waals surface area contributed by atoms with Crippen molar-refractivity contribution >= 4 is 35.6 Å². The fourth-order valence-electron chi connectivity index (χ4n) is 2.70. The van der Waals surface area contributed by atoms with E-state index in [1.54, 1.807) is 0 Å². The number of hydrogen-bond donors (Lipinski definition) is 1. The first-order chi connectivity index (χ1) is 10.7. The number of aliphatic imine (C=N–C) groups is 1. The number of guanidine groups is 1. The molecule has 0 spiro atoms. The van der Waals surface area contributed by atoms with Crippen LogP contribution < -0.4 is 10.2 Å². The van der Waals surface area contributed by atoms with Crippen molar-refractivity contribution in [3.63, 3.8) is 0 Å². The van der Waals surface area contributed by atoms with Gasteiger partial charge in [0.15, 0.2) is 5.96 Å². The van der Waals surface area contributed by atoms with Gasteiger partial charge in [-0.15, -0.1) is 24.0 Å². The average Bonchev–Trinajstić information content (AvgIpc) is 3.08. The molecule has 0 radical (unpaired) electrons. The molecule has 1 aliphatic heterocycles. The maximum Gasteiger partial charge on any atom is 0.216 e. The van der Waals surface area contributed by atoms with Crippen LogP contribution in [0.3, 0.4) is 0 Å². The number of para-hydroxylation sites is 1. The van der Waals surface area contributed by atoms with Gasteiger partial charge in [-0.25, -0.2) is 9.98 Å². The zero-order valence-electron chi connectivity index (χ0n) is 13.8. The summed E-state index contributed by atoms with van der Waals surface area (Å²) in [6.07, 6.45) is 1.05. The highest BCUT2D eigenvalue weighted by atomic mass is 127. The summed E-state index contributed by atoms with van der Waals surface area (Å²) in [5, 5.41) is 3.36. The van der Waals surface area contributed by atoms with E-state index in [0.29, 0.717) is 12.4 Å². The van der Waals surface area contributed by atoms with Gasteiger partial charge in [0, 0.05) is 18.8 Å². The number of nitrogens with one attached hydrogen (secondary N) is 1. The summed E-state index contributed by atoms with van der Waals surface area (Å²) in [5.41, 5.74) is 3.54. The number of aromatic nitrogens is 1. The Morgan fingerprint density at radius 3 is 2.83 bits per heavy atom. The number of oxazole rings is 1. The molecule has 0 bridgehead atoms. The van der Waals surface area contributed by atoms with Crippen molar-refractivity contribution in [1.82, 2.24) is 10.3 Å². The summed E-state index contributed by atoms with van der Waals surface area (Å²) < 4.78 is 5.61. The highest BCUT2D eigenvalue weighted by Gasteiger charge is 2.22. The summed E-state index contributed by atoms with van der Waals surface area (Å²) in [4.78, 5) is 11.3. The summed E-state index contributed by atoms with van der Waals surface area (Å²) in [5.74, 6) is 2.42. The van der Waals surface area contributed by atoms with E-state index in [9.17, 15) is 0 Å². The zero-order valence-corrected chi connectivity index (χ0v) is 16.1. The van der Waals surface area contributed by atoms with E-state index < -0.39 is 0 Å². The summed E-state index contributed by atoms with van der Waals surface area (Å²) >= 11 is 0. The number of benzene rings is 1. The largest absolute Gasteiger partial charge is 0.444 e. The van der Waals surface area contributed by atoms with Gasteiger partial charge < -0.3 is 14.6 Å². The first-order valence-electron chi connectivity index (χ1n) is 7.75. The molecule has 0 fully saturated rings. The summed E-state index contributed by atoms with van der Waals surface area (Å²) in [6.45, 7) is 8.20. The van der Waals surface area contributed by atoms with Crippen molar-refractivity contribution in [3.05, 3.63) is 47.2 Å². The second kappa shape index (κ2) is 7.81. The van der Waals surface area contributed by atoms with Crippen LogP contribution >= 0.6 is 24.0 Å². The van der Waals surface area contributed by atoms with E-state index in [-0.39, 0.29) is 24.0 Å². The fraction of sp³-hybridized carbons (Fsp3) is 0.412. The third-order valence-electron chi connectivity index (χ3n) is 3.91. The molecule has 0 aliphatic carbocycles. The monoisotopic (exact) mass is 426 g/mol. The molecule has 0 atom stereocenters. The van der Waals surface area contributed by atoms with Crippen LogP contribution in [0.2, 0.25) is 0 Å². The van der Waals surface area contributed by atoms with Crippen LogP contribution in [0.25, 0.3) is 0 Å². The van der Waals surface area contributed by atoms with E-state index in [0.717, 1.165) is 36.9 Å². The van der Waals surface area contributed by atoms with E-state index in [1.165, 1.54) is 11.3 Å². The van der Waals surface area contributed by atoms with Crippen molar-refractivity contribution in [1.29, 1.82) is 0 Å². The Labute approximate surface area is 154 Å². The van der Waals surface area contributed by atoms with Crippen molar-refractivity contribution < 1.29 is 4.42 Å². The van der Waals surface area contributed by atoms with Gasteiger partial charge in [-0.3, -0.25) is 0 Å². The zero-order chi connectivity index (χ0) is 15.5. The van der Waals surface area contributed by atoms with E-state index in [4.69, 9.17) is 9.41 Å². The molecule has 1 N–H and O–H groups in total. The minimum absolute atomic E-state index is 0. The topological polar surface area (TPSA) is 53.7 Å². The SMILES string of the molecule is CCNC(=NCc1nc(C)c(C)o1)N1CCc2ccccc21.I. The van der Waals surface area contributed by atoms with Crippen LogP contribution in [0.1, 0.15) is 29.8 Å². The fourth-order valence-corrected chi connectivity index (χ4v) is 2.70. The third kappa shape index (κ3) is 3.85. The van der Waals surface area contributed by atoms with Gasteiger partial charge in [-0.2, -0.15) is 0 Å². The molecule has 0 unspecified atom stereocenters. The molecule has 5 nitrogen and oxygen atoms in total. The molecule has 1 aromatic heterocycles. The molecule has 6 heteroatoms. The molecule has 1 aromatic carbocycles. The van der Waals surface area contributed by atoms with Crippen LogP contribution in [-0.4, -0.2) is 24.0 Å². The van der Waals surface area contributed by atoms with Crippen LogP contribution in [0.5, 0.6) is 0 Å². The standard InChI is InChI=1S/C17H22N4O.HI/c1-4-18-17(19-11-16-20-12(2)13(3)22-16)21-10-9-14-7-5-6-8-15(14)21;/h5-8H,4,9-11H2,1-3H3,(H,18,19);1H. The lowest BCUT2D eigenvalue weighted by Gasteiger charge is -2.22. The summed E-state index contributed by atoms with van der Waals surface area (Å²) in [7, 11) is 0. The normalized spacial score (nSPS) is 13.7. The van der Waals surface area contributed by atoms with Gasteiger partial charge in [-0.1, -0.05) is 18.2 Å². The van der Waals surface area contributed by atoms with E-state index in [1.807, 2.05) is 13.8 Å². The number of nitrogens with zero attached hydrogens (tertiary/aromatic N) is 3. The molecule has 0 saturated carbocycles. The molecule has 23 heavy (non-hydrogen) atoms. The first kappa shape index (κ1) is 17.8. The molecule has 0 amide bonds. The summed E-state index contributed by atoms with van der Waals surface area (Å²) in [6, 6.07) is 8.49. The molecule has 2 aromatic rings. The van der Waals surface area contributed by atoms with Gasteiger partial charge in [-0.05, 0) is 38.8 Å². The van der Waals surface area contributed by atoms with Crippen LogP contribution in [0.4, 0.5) is 5.69 Å². The van der Waals surface area contributed by atoms with Crippen molar-refractivity contribution in [2.24, 2.45) is 4.99 Å². The van der Waals surface area contributed by atoms with E-state index in [2.05, 4.69) is 46.4 Å². The number of anilines is 1. The van der Waals surface area contributed by atoms with Gasteiger partial charge in [0.2, 0.25) is 5.89 Å². The minimum Gasteiger partial charge on any atom is -0.444 e. The lowest BCUT2D eigenvalue weighted by atomic mass is 10.2. The molecule has 124 valence electrons. The Hall–Kier alpha value is -1.57. The highest BCUT2D eigenvalue weighted by Crippen LogP contribution is 2.27. The Morgan fingerprint density at radius 1 is 1.35 bits per heavy atom. The number of halogens is 1. The maximum atomic E-state index is 5.61. The molecular weight excluding hydrogens is 403 g/mol. The Morgan fingerprint density at radius 2 is 2.13 bits per heavy atom. The number of rotatable bonds is 3. The van der Waals surface area contributed by atoms with Crippen molar-refractivity contribution in [2.45, 2.75) is 33.7 Å². The smallest absolute Gasteiger partial charge is 0.216 e. The van der Waals surface area contributed by atoms with Crippen LogP contribution in [0, 0.1) is 13.8 Å². The number of fused-ring (bicyclic) bond motifs is 1. The lowest BCUT2D eigenvalue weighted by molar-refractivity contribution is 0.473. The average molecular weight is 426 g/mol. The predicted octanol–water partition coefficient (Wildman–Crippen LogP) is 3.44. The Bertz CT molecular complexity index is 676. The molecule has 3 rings (SSSR count). The van der Waals surface area contributed by atoms with Crippen LogP contribution in [0.15, 0.2) is 33.7 Å². The minimum atomic E-state index is 0. The second-order valence-corrected chi connectivity index (χ2v) is 5.45. The number of hydrogen-bond acceptors (Lipinski definition) is 3. The molecule has 0 saturated heterocycles. The lowest BCUT2D eigenvalue weighted by Crippen LogP contribution is -2.40. The maximum absolute atomic E-state index is 5.61. The van der Waals surface area contributed by atoms with Gasteiger partial charge >= 0.3 is 0 Å². The van der Waals surface area contributed by atoms with Gasteiger partial charge in [0.1, 0.15) is 12.3 Å². The molecule has 2 heterocycles.